The molecule has 2 aromatic rings. The summed E-state index contributed by atoms with van der Waals surface area (Å²) >= 11 is 0. The van der Waals surface area contributed by atoms with Gasteiger partial charge < -0.3 is 9.88 Å². The van der Waals surface area contributed by atoms with E-state index >= 15 is 0 Å². The number of aromatic nitrogens is 2. The SMILES string of the molecule is C1=CCC(NCc2ccc(-n3ccnc3)cc2)CC1. The molecule has 1 aromatic carbocycles. The topological polar surface area (TPSA) is 29.9 Å². The average Bonchev–Trinajstić information content (AvgIpc) is 3.01. The molecule has 1 atom stereocenters. The van der Waals surface area contributed by atoms with Crippen molar-refractivity contribution in [1.82, 2.24) is 14.9 Å². The molecule has 19 heavy (non-hydrogen) atoms. The molecule has 1 aromatic heterocycles. The van der Waals surface area contributed by atoms with Gasteiger partial charge in [0.1, 0.15) is 0 Å². The Morgan fingerprint density at radius 2 is 2.11 bits per heavy atom. The third-order valence-corrected chi connectivity index (χ3v) is 3.60. The van der Waals surface area contributed by atoms with E-state index in [0.717, 1.165) is 18.7 Å². The molecule has 0 spiro atoms. The monoisotopic (exact) mass is 253 g/mol. The Kier molecular flexibility index (Phi) is 3.75. The maximum Gasteiger partial charge on any atom is 0.0991 e. The molecule has 3 rings (SSSR count). The van der Waals surface area contributed by atoms with Crippen molar-refractivity contribution < 1.29 is 0 Å². The maximum absolute atomic E-state index is 4.06. The smallest absolute Gasteiger partial charge is 0.0991 e. The molecule has 0 amide bonds. The summed E-state index contributed by atoms with van der Waals surface area (Å²) in [4.78, 5) is 4.06. The first kappa shape index (κ1) is 12.2. The molecule has 1 aliphatic rings. The Balaban J connectivity index is 1.58. The van der Waals surface area contributed by atoms with E-state index in [1.165, 1.54) is 18.4 Å². The molecule has 1 heterocycles. The molecule has 1 N–H and O–H groups in total. The van der Waals surface area contributed by atoms with Crippen molar-refractivity contribution in [3.8, 4) is 5.69 Å². The van der Waals surface area contributed by atoms with Gasteiger partial charge in [0.25, 0.3) is 0 Å². The molecular formula is C16H19N3. The first-order valence-electron chi connectivity index (χ1n) is 6.87. The lowest BCUT2D eigenvalue weighted by atomic mass is 10.0. The lowest BCUT2D eigenvalue weighted by Gasteiger charge is -2.19. The van der Waals surface area contributed by atoms with Crippen molar-refractivity contribution in [3.63, 3.8) is 0 Å². The van der Waals surface area contributed by atoms with Gasteiger partial charge in [0.2, 0.25) is 0 Å². The minimum absolute atomic E-state index is 0.637. The van der Waals surface area contributed by atoms with Gasteiger partial charge in [-0.15, -0.1) is 0 Å². The minimum atomic E-state index is 0.637. The zero-order chi connectivity index (χ0) is 12.9. The Bertz CT molecular complexity index is 526. The standard InChI is InChI=1S/C16H19N3/c1-2-4-15(5-3-1)18-12-14-6-8-16(9-7-14)19-11-10-17-13-19/h1-2,6-11,13,15,18H,3-5,12H2. The number of allylic oxidation sites excluding steroid dienone is 1. The Labute approximate surface area is 114 Å². The average molecular weight is 253 g/mol. The normalized spacial score (nSPS) is 18.6. The molecule has 1 unspecified atom stereocenters. The van der Waals surface area contributed by atoms with E-state index in [1.807, 2.05) is 17.1 Å². The molecule has 0 fully saturated rings. The fourth-order valence-electron chi connectivity index (χ4n) is 2.44. The van der Waals surface area contributed by atoms with Crippen molar-refractivity contribution in [2.75, 3.05) is 0 Å². The Hall–Kier alpha value is -1.87. The molecule has 0 saturated carbocycles. The van der Waals surface area contributed by atoms with Crippen LogP contribution < -0.4 is 5.32 Å². The van der Waals surface area contributed by atoms with Crippen LogP contribution in [0, 0.1) is 0 Å². The fourth-order valence-corrected chi connectivity index (χ4v) is 2.44. The highest BCUT2D eigenvalue weighted by Gasteiger charge is 2.08. The van der Waals surface area contributed by atoms with Gasteiger partial charge in [-0.1, -0.05) is 24.3 Å². The number of hydrogen-bond acceptors (Lipinski definition) is 2. The van der Waals surface area contributed by atoms with Crippen LogP contribution in [0.4, 0.5) is 0 Å². The van der Waals surface area contributed by atoms with Gasteiger partial charge >= 0.3 is 0 Å². The van der Waals surface area contributed by atoms with Crippen molar-refractivity contribution in [3.05, 3.63) is 60.7 Å². The van der Waals surface area contributed by atoms with Gasteiger partial charge in [-0.25, -0.2) is 4.98 Å². The summed E-state index contributed by atoms with van der Waals surface area (Å²) in [5.41, 5.74) is 2.49. The number of nitrogens with zero attached hydrogens (tertiary/aromatic N) is 2. The predicted octanol–water partition coefficient (Wildman–Crippen LogP) is 3.07. The largest absolute Gasteiger partial charge is 0.310 e. The van der Waals surface area contributed by atoms with Crippen molar-refractivity contribution in [2.24, 2.45) is 0 Å². The lowest BCUT2D eigenvalue weighted by Crippen LogP contribution is -2.29. The van der Waals surface area contributed by atoms with Crippen LogP contribution in [0.3, 0.4) is 0 Å². The van der Waals surface area contributed by atoms with Crippen LogP contribution in [-0.2, 0) is 6.54 Å². The van der Waals surface area contributed by atoms with Crippen LogP contribution in [-0.4, -0.2) is 15.6 Å². The molecule has 98 valence electrons. The van der Waals surface area contributed by atoms with E-state index in [9.17, 15) is 0 Å². The van der Waals surface area contributed by atoms with E-state index in [2.05, 4.69) is 46.7 Å². The zero-order valence-corrected chi connectivity index (χ0v) is 11.0. The second kappa shape index (κ2) is 5.85. The highest BCUT2D eigenvalue weighted by Crippen LogP contribution is 2.13. The van der Waals surface area contributed by atoms with Gasteiger partial charge in [-0.3, -0.25) is 0 Å². The number of hydrogen-bond donors (Lipinski definition) is 1. The van der Waals surface area contributed by atoms with E-state index in [-0.39, 0.29) is 0 Å². The quantitative estimate of drug-likeness (QED) is 0.849. The predicted molar refractivity (Wildman–Crippen MR) is 77.2 cm³/mol. The molecule has 0 radical (unpaired) electrons. The number of rotatable bonds is 4. The second-order valence-electron chi connectivity index (χ2n) is 5.00. The third-order valence-electron chi connectivity index (χ3n) is 3.60. The van der Waals surface area contributed by atoms with Crippen molar-refractivity contribution in [2.45, 2.75) is 31.8 Å². The molecule has 0 saturated heterocycles. The molecular weight excluding hydrogens is 234 g/mol. The van der Waals surface area contributed by atoms with Crippen LogP contribution in [0.1, 0.15) is 24.8 Å². The molecule has 3 heteroatoms. The van der Waals surface area contributed by atoms with Gasteiger partial charge in [0.05, 0.1) is 6.33 Å². The Morgan fingerprint density at radius 3 is 2.79 bits per heavy atom. The summed E-state index contributed by atoms with van der Waals surface area (Å²) in [5.74, 6) is 0. The first-order chi connectivity index (χ1) is 9.42. The minimum Gasteiger partial charge on any atom is -0.310 e. The summed E-state index contributed by atoms with van der Waals surface area (Å²) in [6, 6.07) is 9.28. The van der Waals surface area contributed by atoms with Crippen LogP contribution in [0.2, 0.25) is 0 Å². The van der Waals surface area contributed by atoms with E-state index in [4.69, 9.17) is 0 Å². The zero-order valence-electron chi connectivity index (χ0n) is 11.0. The summed E-state index contributed by atoms with van der Waals surface area (Å²) in [6.07, 6.45) is 13.8. The highest BCUT2D eigenvalue weighted by molar-refractivity contribution is 5.34. The second-order valence-corrected chi connectivity index (χ2v) is 5.00. The molecule has 0 aliphatic heterocycles. The molecule has 3 nitrogen and oxygen atoms in total. The number of nitrogens with one attached hydrogen (secondary N) is 1. The van der Waals surface area contributed by atoms with Gasteiger partial charge in [-0.05, 0) is 37.0 Å². The van der Waals surface area contributed by atoms with Gasteiger partial charge in [0, 0.05) is 30.7 Å². The summed E-state index contributed by atoms with van der Waals surface area (Å²) in [7, 11) is 0. The lowest BCUT2D eigenvalue weighted by molar-refractivity contribution is 0.474. The fraction of sp³-hybridized carbons (Fsp3) is 0.312. The van der Waals surface area contributed by atoms with E-state index < -0.39 is 0 Å². The van der Waals surface area contributed by atoms with Crippen LogP contribution in [0.5, 0.6) is 0 Å². The third kappa shape index (κ3) is 3.12. The number of imidazole rings is 1. The maximum atomic E-state index is 4.06. The molecule has 0 bridgehead atoms. The summed E-state index contributed by atoms with van der Waals surface area (Å²) < 4.78 is 2.02. The van der Waals surface area contributed by atoms with E-state index in [1.54, 1.807) is 6.20 Å². The van der Waals surface area contributed by atoms with Gasteiger partial charge in [0.15, 0.2) is 0 Å². The van der Waals surface area contributed by atoms with Crippen LogP contribution in [0.15, 0.2) is 55.1 Å². The van der Waals surface area contributed by atoms with Crippen molar-refractivity contribution >= 4 is 0 Å². The number of benzene rings is 1. The van der Waals surface area contributed by atoms with Crippen LogP contribution >= 0.6 is 0 Å². The summed E-state index contributed by atoms with van der Waals surface area (Å²) in [6.45, 7) is 0.947. The molecule has 1 aliphatic carbocycles. The highest BCUT2D eigenvalue weighted by atomic mass is 15.0. The van der Waals surface area contributed by atoms with E-state index in [0.29, 0.717) is 6.04 Å². The first-order valence-corrected chi connectivity index (χ1v) is 6.87. The van der Waals surface area contributed by atoms with Crippen molar-refractivity contribution in [1.29, 1.82) is 0 Å². The van der Waals surface area contributed by atoms with Crippen LogP contribution in [0.25, 0.3) is 5.69 Å². The Morgan fingerprint density at radius 1 is 1.21 bits per heavy atom. The van der Waals surface area contributed by atoms with Gasteiger partial charge in [-0.2, -0.15) is 0 Å². The summed E-state index contributed by atoms with van der Waals surface area (Å²) in [5, 5.41) is 3.62.